The van der Waals surface area contributed by atoms with Gasteiger partial charge < -0.3 is 5.11 Å². The molecule has 0 saturated heterocycles. The lowest BCUT2D eigenvalue weighted by atomic mass is 10.3. The molecule has 0 spiro atoms. The molecule has 0 fully saturated rings. The Bertz CT molecular complexity index is 784. The molecule has 0 aliphatic rings. The number of aromatic carboxylic acids is 1. The fourth-order valence-corrected chi connectivity index (χ4v) is 2.48. The minimum Gasteiger partial charge on any atom is -0.478 e. The van der Waals surface area contributed by atoms with Crippen molar-refractivity contribution in [2.75, 3.05) is 0 Å². The van der Waals surface area contributed by atoms with Crippen LogP contribution >= 0.6 is 11.8 Å². The van der Waals surface area contributed by atoms with E-state index in [1.54, 1.807) is 16.9 Å². The summed E-state index contributed by atoms with van der Waals surface area (Å²) in [5, 5.41) is 15.2. The van der Waals surface area contributed by atoms with Gasteiger partial charge in [0.25, 0.3) is 0 Å². The normalized spacial score (nSPS) is 10.8. The Kier molecular flexibility index (Phi) is 3.07. The summed E-state index contributed by atoms with van der Waals surface area (Å²) in [4.78, 5) is 23.2. The summed E-state index contributed by atoms with van der Waals surface area (Å²) in [6, 6.07) is 3.16. The zero-order valence-corrected chi connectivity index (χ0v) is 11.2. The predicted octanol–water partition coefficient (Wildman–Crippen LogP) is 1.61. The molecule has 3 rings (SSSR count). The smallest absolute Gasteiger partial charge is 0.337 e. The van der Waals surface area contributed by atoms with Gasteiger partial charge in [0, 0.05) is 13.2 Å². The van der Waals surface area contributed by atoms with Crippen LogP contribution in [0.2, 0.25) is 0 Å². The summed E-state index contributed by atoms with van der Waals surface area (Å²) in [5.74, 6) is -0.995. The van der Waals surface area contributed by atoms with E-state index in [2.05, 4.69) is 20.1 Å². The van der Waals surface area contributed by atoms with Gasteiger partial charge in [-0.15, -0.1) is 0 Å². The first kappa shape index (κ1) is 12.5. The van der Waals surface area contributed by atoms with Gasteiger partial charge in [0.15, 0.2) is 5.65 Å². The number of aromatic nitrogens is 5. The number of rotatable bonds is 3. The quantitative estimate of drug-likeness (QED) is 0.731. The van der Waals surface area contributed by atoms with Crippen molar-refractivity contribution >= 4 is 28.8 Å². The standard InChI is InChI=1S/C12H9N5O2S/c1-17-10-8(5-16-17)11(15-6-14-10)20-9-3-2-7(4-13-9)12(18)19/h2-6H,1H3,(H,18,19). The highest BCUT2D eigenvalue weighted by molar-refractivity contribution is 7.99. The van der Waals surface area contributed by atoms with Crippen LogP contribution in [-0.4, -0.2) is 35.8 Å². The Labute approximate surface area is 117 Å². The van der Waals surface area contributed by atoms with Gasteiger partial charge in [-0.2, -0.15) is 5.10 Å². The topological polar surface area (TPSA) is 93.8 Å². The van der Waals surface area contributed by atoms with Crippen LogP contribution in [0.1, 0.15) is 10.4 Å². The van der Waals surface area contributed by atoms with Gasteiger partial charge in [-0.05, 0) is 23.9 Å². The van der Waals surface area contributed by atoms with Crippen molar-refractivity contribution in [2.24, 2.45) is 7.05 Å². The fourth-order valence-electron chi connectivity index (χ4n) is 1.69. The number of pyridine rings is 1. The Morgan fingerprint density at radius 1 is 1.25 bits per heavy atom. The minimum atomic E-state index is -0.995. The van der Waals surface area contributed by atoms with E-state index >= 15 is 0 Å². The van der Waals surface area contributed by atoms with Crippen LogP contribution in [0.5, 0.6) is 0 Å². The maximum Gasteiger partial charge on any atom is 0.337 e. The number of hydrogen-bond acceptors (Lipinski definition) is 6. The van der Waals surface area contributed by atoms with Crippen LogP contribution in [0.4, 0.5) is 0 Å². The van der Waals surface area contributed by atoms with E-state index < -0.39 is 5.97 Å². The first-order valence-corrected chi connectivity index (χ1v) is 6.46. The highest BCUT2D eigenvalue weighted by Crippen LogP contribution is 2.29. The SMILES string of the molecule is Cn1ncc2c(Sc3ccc(C(=O)O)cn3)ncnc21. The molecule has 0 aliphatic carbocycles. The molecular formula is C12H9N5O2S. The number of carboxylic acid groups (broad SMARTS) is 1. The van der Waals surface area contributed by atoms with Gasteiger partial charge in [0.1, 0.15) is 16.4 Å². The average molecular weight is 287 g/mol. The van der Waals surface area contributed by atoms with Crippen molar-refractivity contribution in [1.82, 2.24) is 24.7 Å². The summed E-state index contributed by atoms with van der Waals surface area (Å²) >= 11 is 1.34. The van der Waals surface area contributed by atoms with E-state index in [1.807, 2.05) is 7.05 Å². The maximum absolute atomic E-state index is 10.8. The predicted molar refractivity (Wildman–Crippen MR) is 71.6 cm³/mol. The van der Waals surface area contributed by atoms with Gasteiger partial charge in [0.05, 0.1) is 17.1 Å². The van der Waals surface area contributed by atoms with E-state index in [-0.39, 0.29) is 5.56 Å². The van der Waals surface area contributed by atoms with E-state index in [1.165, 1.54) is 30.4 Å². The summed E-state index contributed by atoms with van der Waals surface area (Å²) in [6.45, 7) is 0. The van der Waals surface area contributed by atoms with Gasteiger partial charge in [-0.25, -0.2) is 19.7 Å². The van der Waals surface area contributed by atoms with Gasteiger partial charge in [-0.1, -0.05) is 0 Å². The molecule has 0 aromatic carbocycles. The molecule has 7 nitrogen and oxygen atoms in total. The Morgan fingerprint density at radius 2 is 2.10 bits per heavy atom. The van der Waals surface area contributed by atoms with E-state index in [9.17, 15) is 4.79 Å². The van der Waals surface area contributed by atoms with Crippen LogP contribution in [-0.2, 0) is 7.05 Å². The number of aryl methyl sites for hydroxylation is 1. The number of nitrogens with zero attached hydrogens (tertiary/aromatic N) is 5. The molecule has 0 amide bonds. The largest absolute Gasteiger partial charge is 0.478 e. The molecular weight excluding hydrogens is 278 g/mol. The summed E-state index contributed by atoms with van der Waals surface area (Å²) in [6.07, 6.45) is 4.49. The van der Waals surface area contributed by atoms with Crippen LogP contribution in [0.3, 0.4) is 0 Å². The van der Waals surface area contributed by atoms with Crippen LogP contribution in [0.25, 0.3) is 11.0 Å². The summed E-state index contributed by atoms with van der Waals surface area (Å²) < 4.78 is 1.67. The van der Waals surface area contributed by atoms with Gasteiger partial charge in [0.2, 0.25) is 0 Å². The van der Waals surface area contributed by atoms with Crippen molar-refractivity contribution in [3.05, 3.63) is 36.4 Å². The van der Waals surface area contributed by atoms with E-state index in [0.717, 1.165) is 16.1 Å². The highest BCUT2D eigenvalue weighted by atomic mass is 32.2. The Morgan fingerprint density at radius 3 is 2.80 bits per heavy atom. The lowest BCUT2D eigenvalue weighted by Crippen LogP contribution is -1.97. The number of carboxylic acids is 1. The zero-order valence-electron chi connectivity index (χ0n) is 10.4. The third-order valence-electron chi connectivity index (χ3n) is 2.68. The van der Waals surface area contributed by atoms with Crippen molar-refractivity contribution in [3.63, 3.8) is 0 Å². The molecule has 0 atom stereocenters. The molecule has 0 aliphatic heterocycles. The summed E-state index contributed by atoms with van der Waals surface area (Å²) in [7, 11) is 1.81. The molecule has 100 valence electrons. The van der Waals surface area contributed by atoms with Crippen molar-refractivity contribution in [3.8, 4) is 0 Å². The molecule has 8 heteroatoms. The lowest BCUT2D eigenvalue weighted by Gasteiger charge is -2.01. The average Bonchev–Trinajstić information content (AvgIpc) is 2.82. The van der Waals surface area contributed by atoms with Crippen LogP contribution < -0.4 is 0 Å². The Balaban J connectivity index is 1.95. The third-order valence-corrected chi connectivity index (χ3v) is 3.65. The minimum absolute atomic E-state index is 0.156. The molecule has 3 heterocycles. The van der Waals surface area contributed by atoms with Crippen LogP contribution in [0.15, 0.2) is 40.9 Å². The molecule has 3 aromatic heterocycles. The number of fused-ring (bicyclic) bond motifs is 1. The fraction of sp³-hybridized carbons (Fsp3) is 0.0833. The first-order valence-electron chi connectivity index (χ1n) is 5.65. The second-order valence-electron chi connectivity index (χ2n) is 3.98. The number of hydrogen-bond donors (Lipinski definition) is 1. The number of carbonyl (C=O) groups is 1. The van der Waals surface area contributed by atoms with Crippen LogP contribution in [0, 0.1) is 0 Å². The molecule has 0 radical (unpaired) electrons. The second-order valence-corrected chi connectivity index (χ2v) is 4.99. The van der Waals surface area contributed by atoms with E-state index in [4.69, 9.17) is 5.11 Å². The van der Waals surface area contributed by atoms with Crippen molar-refractivity contribution in [2.45, 2.75) is 10.1 Å². The van der Waals surface area contributed by atoms with Gasteiger partial charge in [-0.3, -0.25) is 4.68 Å². The van der Waals surface area contributed by atoms with Crippen molar-refractivity contribution in [1.29, 1.82) is 0 Å². The molecule has 0 bridgehead atoms. The molecule has 3 aromatic rings. The molecule has 0 unspecified atom stereocenters. The third kappa shape index (κ3) is 2.21. The maximum atomic E-state index is 10.8. The van der Waals surface area contributed by atoms with Crippen molar-refractivity contribution < 1.29 is 9.90 Å². The second kappa shape index (κ2) is 4.89. The molecule has 0 saturated carbocycles. The zero-order chi connectivity index (χ0) is 14.1. The Hall–Kier alpha value is -2.48. The van der Waals surface area contributed by atoms with Gasteiger partial charge >= 0.3 is 5.97 Å². The molecule has 20 heavy (non-hydrogen) atoms. The lowest BCUT2D eigenvalue weighted by molar-refractivity contribution is 0.0696. The van der Waals surface area contributed by atoms with E-state index in [0.29, 0.717) is 5.03 Å². The molecule has 1 N–H and O–H groups in total. The first-order chi connectivity index (χ1) is 9.65. The highest BCUT2D eigenvalue weighted by Gasteiger charge is 2.10. The monoisotopic (exact) mass is 287 g/mol. The summed E-state index contributed by atoms with van der Waals surface area (Å²) in [5.41, 5.74) is 0.896.